The van der Waals surface area contributed by atoms with Gasteiger partial charge in [-0.25, -0.2) is 22.3 Å². The van der Waals surface area contributed by atoms with Crippen molar-refractivity contribution in [3.05, 3.63) is 83.8 Å². The van der Waals surface area contributed by atoms with Crippen LogP contribution in [-0.2, 0) is 15.8 Å². The first-order valence-corrected chi connectivity index (χ1v) is 14.3. The van der Waals surface area contributed by atoms with Crippen LogP contribution in [0.4, 0.5) is 14.9 Å². The number of unbranched alkanes of at least 4 members (excludes halogenated alkanes) is 1. The number of hydrogen-bond acceptors (Lipinski definition) is 7. The number of amides is 2. The number of urea groups is 1. The molecule has 2 N–H and O–H groups in total. The summed E-state index contributed by atoms with van der Waals surface area (Å²) in [5, 5.41) is 2.92. The predicted molar refractivity (Wildman–Crippen MR) is 151 cm³/mol. The van der Waals surface area contributed by atoms with Gasteiger partial charge in [-0.3, -0.25) is 4.98 Å². The fourth-order valence-corrected chi connectivity index (χ4v) is 4.87. The van der Waals surface area contributed by atoms with Crippen molar-refractivity contribution >= 4 is 32.6 Å². The van der Waals surface area contributed by atoms with E-state index < -0.39 is 21.9 Å². The number of nitrogens with one attached hydrogen (secondary N) is 2. The minimum atomic E-state index is -3.97. The van der Waals surface area contributed by atoms with Gasteiger partial charge >= 0.3 is 6.03 Å². The molecule has 0 aliphatic rings. The van der Waals surface area contributed by atoms with Crippen LogP contribution in [0.2, 0.25) is 0 Å². The van der Waals surface area contributed by atoms with Crippen LogP contribution in [0.3, 0.4) is 0 Å². The molecule has 0 radical (unpaired) electrons. The third-order valence-corrected chi connectivity index (χ3v) is 7.09. The summed E-state index contributed by atoms with van der Waals surface area (Å²) in [5.74, 6) is 0.130. The Balaban J connectivity index is 1.45. The van der Waals surface area contributed by atoms with Crippen LogP contribution < -0.4 is 24.2 Å². The molecule has 0 unspecified atom stereocenters. The van der Waals surface area contributed by atoms with E-state index in [1.54, 1.807) is 42.5 Å². The number of halogens is 1. The second-order valence-corrected chi connectivity index (χ2v) is 10.8. The molecule has 40 heavy (non-hydrogen) atoms. The average Bonchev–Trinajstić information content (AvgIpc) is 2.91. The number of pyridine rings is 1. The van der Waals surface area contributed by atoms with Crippen LogP contribution in [0.5, 0.6) is 23.0 Å². The van der Waals surface area contributed by atoms with E-state index in [-0.39, 0.29) is 17.2 Å². The molecule has 3 aromatic carbocycles. The molecule has 210 valence electrons. The van der Waals surface area contributed by atoms with Gasteiger partial charge in [-0.05, 0) is 43.2 Å². The first kappa shape index (κ1) is 28.6. The van der Waals surface area contributed by atoms with Gasteiger partial charge in [0.1, 0.15) is 5.75 Å². The molecular formula is C29H30FN3O6S. The van der Waals surface area contributed by atoms with Gasteiger partial charge < -0.3 is 19.5 Å². The molecular weight excluding hydrogens is 537 g/mol. The number of hydrogen-bond donors (Lipinski definition) is 2. The molecule has 0 aliphatic heterocycles. The average molecular weight is 568 g/mol. The molecule has 11 heteroatoms. The molecule has 1 aromatic heterocycles. The Bertz CT molecular complexity index is 1610. The topological polar surface area (TPSA) is 116 Å². The standard InChI is InChI=1S/C29H30FN3O6S/c1-4-5-14-38-28-17-24-22(16-27(28)37-3)25(12-13-31-24)39-26-11-10-21(15-23(26)30)32-29(34)33-40(35,36)18-20-8-6-19(2)7-9-20/h6-13,15-17H,4-5,14,18H2,1-3H3,(H2,32,33,34). The summed E-state index contributed by atoms with van der Waals surface area (Å²) in [4.78, 5) is 16.7. The summed E-state index contributed by atoms with van der Waals surface area (Å²) in [6.45, 7) is 4.49. The van der Waals surface area contributed by atoms with Crippen LogP contribution in [0.25, 0.3) is 10.9 Å². The summed E-state index contributed by atoms with van der Waals surface area (Å²) in [5.41, 5.74) is 2.13. The van der Waals surface area contributed by atoms with E-state index in [2.05, 4.69) is 17.2 Å². The predicted octanol–water partition coefficient (Wildman–Crippen LogP) is 6.31. The Labute approximate surface area is 232 Å². The highest BCUT2D eigenvalue weighted by Crippen LogP contribution is 2.38. The zero-order chi connectivity index (χ0) is 28.7. The van der Waals surface area contributed by atoms with E-state index in [0.717, 1.165) is 24.5 Å². The SMILES string of the molecule is CCCCOc1cc2nccc(Oc3ccc(NC(=O)NS(=O)(=O)Cc4ccc(C)cc4)cc3F)c2cc1OC. The molecule has 4 rings (SSSR count). The summed E-state index contributed by atoms with van der Waals surface area (Å²) >= 11 is 0. The Morgan fingerprint density at radius 2 is 1.75 bits per heavy atom. The number of aryl methyl sites for hydroxylation is 1. The molecule has 0 atom stereocenters. The molecule has 0 fully saturated rings. The van der Waals surface area contributed by atoms with Gasteiger partial charge in [-0.2, -0.15) is 0 Å². The van der Waals surface area contributed by atoms with Crippen molar-refractivity contribution < 1.29 is 31.8 Å². The van der Waals surface area contributed by atoms with Crippen LogP contribution in [0.15, 0.2) is 66.9 Å². The maximum absolute atomic E-state index is 15.0. The van der Waals surface area contributed by atoms with Crippen molar-refractivity contribution in [2.24, 2.45) is 0 Å². The second-order valence-electron chi connectivity index (χ2n) is 9.08. The molecule has 9 nitrogen and oxygen atoms in total. The van der Waals surface area contributed by atoms with E-state index in [4.69, 9.17) is 14.2 Å². The minimum Gasteiger partial charge on any atom is -0.493 e. The van der Waals surface area contributed by atoms with Crippen molar-refractivity contribution in [2.45, 2.75) is 32.4 Å². The van der Waals surface area contributed by atoms with Crippen molar-refractivity contribution in [3.63, 3.8) is 0 Å². The van der Waals surface area contributed by atoms with Crippen molar-refractivity contribution in [1.29, 1.82) is 0 Å². The number of nitrogens with zero attached hydrogens (tertiary/aromatic N) is 1. The largest absolute Gasteiger partial charge is 0.493 e. The van der Waals surface area contributed by atoms with Crippen molar-refractivity contribution in [1.82, 2.24) is 9.71 Å². The Kier molecular flexibility index (Phi) is 9.05. The first-order chi connectivity index (χ1) is 19.2. The first-order valence-electron chi connectivity index (χ1n) is 12.6. The van der Waals surface area contributed by atoms with Gasteiger partial charge in [-0.1, -0.05) is 43.2 Å². The lowest BCUT2D eigenvalue weighted by Gasteiger charge is -2.14. The minimum absolute atomic E-state index is 0.0445. The monoisotopic (exact) mass is 567 g/mol. The zero-order valence-electron chi connectivity index (χ0n) is 22.4. The van der Waals surface area contributed by atoms with Gasteiger partial charge in [0.2, 0.25) is 10.0 Å². The molecule has 0 aliphatic carbocycles. The van der Waals surface area contributed by atoms with E-state index in [1.165, 1.54) is 25.4 Å². The highest BCUT2D eigenvalue weighted by molar-refractivity contribution is 7.89. The quantitative estimate of drug-likeness (QED) is 0.204. The molecule has 2 amide bonds. The number of rotatable bonds is 11. The summed E-state index contributed by atoms with van der Waals surface area (Å²) < 4.78 is 58.7. The number of fused-ring (bicyclic) bond motifs is 1. The van der Waals surface area contributed by atoms with Crippen LogP contribution in [0, 0.1) is 12.7 Å². The third kappa shape index (κ3) is 7.38. The summed E-state index contributed by atoms with van der Waals surface area (Å²) in [7, 11) is -2.44. The number of benzene rings is 3. The van der Waals surface area contributed by atoms with Crippen molar-refractivity contribution in [2.75, 3.05) is 19.0 Å². The lowest BCUT2D eigenvalue weighted by atomic mass is 10.1. The molecule has 0 saturated carbocycles. The van der Waals surface area contributed by atoms with Gasteiger partial charge in [-0.15, -0.1) is 0 Å². The highest BCUT2D eigenvalue weighted by Gasteiger charge is 2.17. The van der Waals surface area contributed by atoms with Gasteiger partial charge in [0.05, 0.1) is 25.0 Å². The van der Waals surface area contributed by atoms with Crippen molar-refractivity contribution in [3.8, 4) is 23.0 Å². The summed E-state index contributed by atoms with van der Waals surface area (Å²) in [6.07, 6.45) is 3.42. The van der Waals surface area contributed by atoms with Gasteiger partial charge in [0, 0.05) is 29.4 Å². The van der Waals surface area contributed by atoms with E-state index in [1.807, 2.05) is 11.6 Å². The van der Waals surface area contributed by atoms with Gasteiger partial charge in [0.15, 0.2) is 23.1 Å². The van der Waals surface area contributed by atoms with Crippen LogP contribution in [0.1, 0.15) is 30.9 Å². The number of anilines is 1. The fraction of sp³-hybridized carbons (Fsp3) is 0.241. The highest BCUT2D eigenvalue weighted by atomic mass is 32.2. The smallest absolute Gasteiger partial charge is 0.332 e. The number of ether oxygens (including phenoxy) is 3. The zero-order valence-corrected chi connectivity index (χ0v) is 23.2. The third-order valence-electron chi connectivity index (χ3n) is 5.88. The van der Waals surface area contributed by atoms with Crippen LogP contribution >= 0.6 is 0 Å². The lowest BCUT2D eigenvalue weighted by Crippen LogP contribution is -2.35. The maximum Gasteiger partial charge on any atom is 0.332 e. The molecule has 0 bridgehead atoms. The number of carbonyl (C=O) groups is 1. The van der Waals surface area contributed by atoms with E-state index in [9.17, 15) is 17.6 Å². The van der Waals surface area contributed by atoms with E-state index in [0.29, 0.717) is 40.3 Å². The Morgan fingerprint density at radius 1 is 0.975 bits per heavy atom. The molecule has 4 aromatic rings. The second kappa shape index (κ2) is 12.6. The number of sulfonamides is 1. The van der Waals surface area contributed by atoms with Gasteiger partial charge in [0.25, 0.3) is 0 Å². The molecule has 1 heterocycles. The normalized spacial score (nSPS) is 11.2. The molecule has 0 saturated heterocycles. The number of aromatic nitrogens is 1. The Morgan fingerprint density at radius 3 is 2.45 bits per heavy atom. The summed E-state index contributed by atoms with van der Waals surface area (Å²) in [6, 6.07) is 14.7. The number of methoxy groups -OCH3 is 1. The number of carbonyl (C=O) groups excluding carboxylic acids is 1. The van der Waals surface area contributed by atoms with E-state index >= 15 is 0 Å². The van der Waals surface area contributed by atoms with Crippen LogP contribution in [-0.4, -0.2) is 33.1 Å². The Hall–Kier alpha value is -4.38. The molecule has 0 spiro atoms. The fourth-order valence-electron chi connectivity index (χ4n) is 3.83. The lowest BCUT2D eigenvalue weighted by molar-refractivity contribution is 0.256. The maximum atomic E-state index is 15.0.